The molecule has 0 spiro atoms. The molecule has 0 saturated heterocycles. The molecule has 0 radical (unpaired) electrons. The first-order valence-electron chi connectivity index (χ1n) is 5.68. The maximum absolute atomic E-state index is 4.63. The zero-order valence-electron chi connectivity index (χ0n) is 10.4. The first kappa shape index (κ1) is 13.1. The van der Waals surface area contributed by atoms with Crippen molar-refractivity contribution in [2.75, 3.05) is 0 Å². The zero-order valence-corrected chi connectivity index (χ0v) is 13.6. The molecule has 4 nitrogen and oxygen atoms in total. The van der Waals surface area contributed by atoms with Crippen molar-refractivity contribution in [3.05, 3.63) is 39.3 Å². The van der Waals surface area contributed by atoms with Gasteiger partial charge in [0.2, 0.25) is 0 Å². The van der Waals surface area contributed by atoms with Crippen LogP contribution in [0.1, 0.15) is 17.1 Å². The normalized spacial score (nSPS) is 11.3. The molecule has 19 heavy (non-hydrogen) atoms. The fourth-order valence-corrected chi connectivity index (χ4v) is 4.40. The summed E-state index contributed by atoms with van der Waals surface area (Å²) < 4.78 is 3.15. The molecule has 0 fully saturated rings. The van der Waals surface area contributed by atoms with Gasteiger partial charge in [-0.3, -0.25) is 4.40 Å². The molecule has 98 valence electrons. The lowest BCUT2D eigenvalue weighted by molar-refractivity contribution is 0.931. The quantitative estimate of drug-likeness (QED) is 0.529. The van der Waals surface area contributed by atoms with Crippen LogP contribution in [-0.4, -0.2) is 19.4 Å². The van der Waals surface area contributed by atoms with Crippen molar-refractivity contribution in [2.24, 2.45) is 0 Å². The van der Waals surface area contributed by atoms with E-state index in [1.165, 1.54) is 5.69 Å². The van der Waals surface area contributed by atoms with Crippen LogP contribution in [0.25, 0.3) is 4.96 Å². The third-order valence-corrected chi connectivity index (χ3v) is 5.28. The van der Waals surface area contributed by atoms with Crippen molar-refractivity contribution < 1.29 is 0 Å². The highest BCUT2D eigenvalue weighted by atomic mass is 79.9. The van der Waals surface area contributed by atoms with Crippen LogP contribution in [0.4, 0.5) is 0 Å². The Morgan fingerprint density at radius 3 is 2.95 bits per heavy atom. The van der Waals surface area contributed by atoms with E-state index in [2.05, 4.69) is 47.6 Å². The molecule has 3 aromatic rings. The van der Waals surface area contributed by atoms with Crippen LogP contribution < -0.4 is 0 Å². The highest BCUT2D eigenvalue weighted by Gasteiger charge is 2.13. The highest BCUT2D eigenvalue weighted by molar-refractivity contribution is 9.10. The lowest BCUT2D eigenvalue weighted by Crippen LogP contribution is -1.90. The average Bonchev–Trinajstić information content (AvgIpc) is 2.89. The summed E-state index contributed by atoms with van der Waals surface area (Å²) in [6.07, 6.45) is 1.79. The van der Waals surface area contributed by atoms with Gasteiger partial charge in [0.1, 0.15) is 4.60 Å². The lowest BCUT2D eigenvalue weighted by Gasteiger charge is -1.99. The number of aryl methyl sites for hydroxylation is 2. The van der Waals surface area contributed by atoms with Gasteiger partial charge in [0.05, 0.1) is 5.69 Å². The van der Waals surface area contributed by atoms with E-state index in [1.807, 2.05) is 13.0 Å². The second-order valence-electron chi connectivity index (χ2n) is 4.11. The van der Waals surface area contributed by atoms with Gasteiger partial charge in [0.15, 0.2) is 10.1 Å². The van der Waals surface area contributed by atoms with Crippen molar-refractivity contribution >= 4 is 44.0 Å². The molecule has 7 heteroatoms. The van der Waals surface area contributed by atoms with E-state index < -0.39 is 0 Å². The predicted octanol–water partition coefficient (Wildman–Crippen LogP) is 3.86. The van der Waals surface area contributed by atoms with Gasteiger partial charge in [-0.1, -0.05) is 11.8 Å². The number of hydrogen-bond donors (Lipinski definition) is 0. The van der Waals surface area contributed by atoms with Gasteiger partial charge in [-0.15, -0.1) is 11.3 Å². The van der Waals surface area contributed by atoms with Gasteiger partial charge in [0, 0.05) is 28.7 Å². The van der Waals surface area contributed by atoms with Crippen molar-refractivity contribution in [1.82, 2.24) is 19.4 Å². The van der Waals surface area contributed by atoms with E-state index >= 15 is 0 Å². The Bertz CT molecular complexity index is 734. The number of aromatic nitrogens is 4. The smallest absolute Gasteiger partial charge is 0.195 e. The SMILES string of the molecule is Cc1ccnc(SCc2nc3scc(C)n3c2Br)n1. The molecular formula is C12H11BrN4S2. The van der Waals surface area contributed by atoms with Gasteiger partial charge in [-0.05, 0) is 35.8 Å². The summed E-state index contributed by atoms with van der Waals surface area (Å²) in [7, 11) is 0. The van der Waals surface area contributed by atoms with E-state index in [0.29, 0.717) is 0 Å². The molecule has 0 aliphatic heterocycles. The molecule has 3 rings (SSSR count). The molecule has 3 aromatic heterocycles. The molecular weight excluding hydrogens is 344 g/mol. The fraction of sp³-hybridized carbons (Fsp3) is 0.250. The number of halogens is 1. The van der Waals surface area contributed by atoms with Crippen LogP contribution in [-0.2, 0) is 5.75 Å². The summed E-state index contributed by atoms with van der Waals surface area (Å²) in [6, 6.07) is 1.90. The molecule has 0 unspecified atom stereocenters. The Morgan fingerprint density at radius 2 is 2.21 bits per heavy atom. The standard InChI is InChI=1S/C12H11BrN4S2/c1-7-3-4-14-11(15-7)18-6-9-10(13)17-8(2)5-19-12(17)16-9/h3-5H,6H2,1-2H3. The molecule has 0 aromatic carbocycles. The summed E-state index contributed by atoms with van der Waals surface area (Å²) in [5.41, 5.74) is 3.21. The van der Waals surface area contributed by atoms with E-state index in [-0.39, 0.29) is 0 Å². The third kappa shape index (κ3) is 2.54. The molecule has 0 atom stereocenters. The van der Waals surface area contributed by atoms with Gasteiger partial charge >= 0.3 is 0 Å². The Morgan fingerprint density at radius 1 is 1.37 bits per heavy atom. The predicted molar refractivity (Wildman–Crippen MR) is 81.8 cm³/mol. The summed E-state index contributed by atoms with van der Waals surface area (Å²) in [5, 5.41) is 2.90. The van der Waals surface area contributed by atoms with Crippen molar-refractivity contribution in [1.29, 1.82) is 0 Å². The minimum Gasteiger partial charge on any atom is -0.282 e. The number of thioether (sulfide) groups is 1. The zero-order chi connectivity index (χ0) is 13.4. The highest BCUT2D eigenvalue weighted by Crippen LogP contribution is 2.29. The minimum absolute atomic E-state index is 0.762. The van der Waals surface area contributed by atoms with Gasteiger partial charge < -0.3 is 0 Å². The second kappa shape index (κ2) is 5.22. The van der Waals surface area contributed by atoms with Crippen LogP contribution in [0.15, 0.2) is 27.4 Å². The van der Waals surface area contributed by atoms with Crippen LogP contribution in [0.5, 0.6) is 0 Å². The number of fused-ring (bicyclic) bond motifs is 1. The topological polar surface area (TPSA) is 43.1 Å². The maximum atomic E-state index is 4.63. The largest absolute Gasteiger partial charge is 0.282 e. The van der Waals surface area contributed by atoms with E-state index in [9.17, 15) is 0 Å². The van der Waals surface area contributed by atoms with E-state index in [0.717, 1.165) is 31.9 Å². The Hall–Kier alpha value is -0.920. The number of rotatable bonds is 3. The number of hydrogen-bond acceptors (Lipinski definition) is 5. The minimum atomic E-state index is 0.762. The molecule has 0 aliphatic carbocycles. The van der Waals surface area contributed by atoms with E-state index in [4.69, 9.17) is 0 Å². The average molecular weight is 355 g/mol. The molecule has 0 saturated carbocycles. The number of nitrogens with zero attached hydrogens (tertiary/aromatic N) is 4. The van der Waals surface area contributed by atoms with Crippen LogP contribution in [0, 0.1) is 13.8 Å². The Labute approximate surface area is 127 Å². The van der Waals surface area contributed by atoms with Crippen molar-refractivity contribution in [3.63, 3.8) is 0 Å². The van der Waals surface area contributed by atoms with Crippen LogP contribution >= 0.6 is 39.0 Å². The second-order valence-corrected chi connectivity index (χ2v) is 6.64. The van der Waals surface area contributed by atoms with Crippen LogP contribution in [0.3, 0.4) is 0 Å². The number of thiazole rings is 1. The number of imidazole rings is 1. The first-order chi connectivity index (χ1) is 9.15. The third-order valence-electron chi connectivity index (χ3n) is 2.65. The fourth-order valence-electron chi connectivity index (χ4n) is 1.72. The lowest BCUT2D eigenvalue weighted by atomic mass is 10.5. The molecule has 0 bridgehead atoms. The Kier molecular flexibility index (Phi) is 3.60. The van der Waals surface area contributed by atoms with Gasteiger partial charge in [-0.2, -0.15) is 0 Å². The summed E-state index contributed by atoms with van der Waals surface area (Å²) in [6.45, 7) is 4.05. The molecule has 3 heterocycles. The van der Waals surface area contributed by atoms with Crippen LogP contribution in [0.2, 0.25) is 0 Å². The van der Waals surface area contributed by atoms with Gasteiger partial charge in [-0.25, -0.2) is 15.0 Å². The maximum Gasteiger partial charge on any atom is 0.195 e. The molecule has 0 N–H and O–H groups in total. The van der Waals surface area contributed by atoms with Crippen molar-refractivity contribution in [3.8, 4) is 0 Å². The summed E-state index contributed by atoms with van der Waals surface area (Å²) in [5.74, 6) is 0.762. The first-order valence-corrected chi connectivity index (χ1v) is 8.34. The molecule has 0 aliphatic rings. The monoisotopic (exact) mass is 354 g/mol. The summed E-state index contributed by atoms with van der Waals surface area (Å²) >= 11 is 6.88. The molecule has 0 amide bonds. The van der Waals surface area contributed by atoms with Crippen molar-refractivity contribution in [2.45, 2.75) is 24.8 Å². The Balaban J connectivity index is 1.84. The summed E-state index contributed by atoms with van der Waals surface area (Å²) in [4.78, 5) is 14.3. The van der Waals surface area contributed by atoms with Gasteiger partial charge in [0.25, 0.3) is 0 Å². The van der Waals surface area contributed by atoms with E-state index in [1.54, 1.807) is 29.3 Å².